The lowest BCUT2D eigenvalue weighted by molar-refractivity contribution is -0.113. The number of hydrogen-bond acceptors (Lipinski definition) is 5. The Hall–Kier alpha value is -3.86. The number of nitrogens with zero attached hydrogens (tertiary/aromatic N) is 1. The summed E-state index contributed by atoms with van der Waals surface area (Å²) in [5.74, 6) is -0.485. The molecule has 1 heterocycles. The van der Waals surface area contributed by atoms with Gasteiger partial charge in [0.2, 0.25) is 0 Å². The largest absolute Gasteiger partial charge is 0.490 e. The SMILES string of the molecule is CCOc1cc(/C=C2/NC(=O)N(c3ccccc3)C2=O)cc(I)c1OCc1cccc(C(=O)O)c1. The van der Waals surface area contributed by atoms with Gasteiger partial charge >= 0.3 is 12.0 Å². The number of ether oxygens (including phenoxy) is 2. The fourth-order valence-electron chi connectivity index (χ4n) is 3.54. The van der Waals surface area contributed by atoms with Crippen molar-refractivity contribution in [2.75, 3.05) is 11.5 Å². The van der Waals surface area contributed by atoms with E-state index in [0.717, 1.165) is 8.47 Å². The van der Waals surface area contributed by atoms with E-state index in [1.807, 2.05) is 19.1 Å². The lowest BCUT2D eigenvalue weighted by Crippen LogP contribution is -2.30. The number of carboxylic acid groups (broad SMARTS) is 1. The van der Waals surface area contributed by atoms with Crippen molar-refractivity contribution in [3.63, 3.8) is 0 Å². The van der Waals surface area contributed by atoms with Crippen LogP contribution in [0.4, 0.5) is 10.5 Å². The van der Waals surface area contributed by atoms with Crippen molar-refractivity contribution in [2.24, 2.45) is 0 Å². The highest BCUT2D eigenvalue weighted by Crippen LogP contribution is 2.36. The molecule has 3 aromatic rings. The van der Waals surface area contributed by atoms with Crippen molar-refractivity contribution in [1.82, 2.24) is 5.32 Å². The Labute approximate surface area is 215 Å². The molecular weight excluding hydrogens is 563 g/mol. The van der Waals surface area contributed by atoms with Crippen LogP contribution in [0.5, 0.6) is 11.5 Å². The molecule has 4 rings (SSSR count). The molecule has 0 aromatic heterocycles. The number of carbonyl (C=O) groups is 3. The second-order valence-electron chi connectivity index (χ2n) is 7.52. The van der Waals surface area contributed by atoms with E-state index < -0.39 is 17.9 Å². The Kier molecular flexibility index (Phi) is 7.35. The van der Waals surface area contributed by atoms with Crippen molar-refractivity contribution in [2.45, 2.75) is 13.5 Å². The molecule has 1 aliphatic heterocycles. The Bertz CT molecular complexity index is 1320. The minimum absolute atomic E-state index is 0.149. The third-order valence-corrected chi connectivity index (χ3v) is 5.89. The number of aromatic carboxylic acids is 1. The number of hydrogen-bond donors (Lipinski definition) is 2. The zero-order valence-corrected chi connectivity index (χ0v) is 20.8. The van der Waals surface area contributed by atoms with Crippen LogP contribution >= 0.6 is 22.6 Å². The van der Waals surface area contributed by atoms with Crippen LogP contribution in [0.1, 0.15) is 28.4 Å². The number of rotatable bonds is 8. The lowest BCUT2D eigenvalue weighted by atomic mass is 10.1. The number of anilines is 1. The van der Waals surface area contributed by atoms with Crippen LogP contribution in [0.25, 0.3) is 6.08 Å². The highest BCUT2D eigenvalue weighted by atomic mass is 127. The molecule has 2 N–H and O–H groups in total. The van der Waals surface area contributed by atoms with Crippen molar-refractivity contribution in [3.05, 3.63) is 92.7 Å². The summed E-state index contributed by atoms with van der Waals surface area (Å²) in [6.07, 6.45) is 1.59. The second kappa shape index (κ2) is 10.6. The summed E-state index contributed by atoms with van der Waals surface area (Å²) < 4.78 is 12.5. The maximum Gasteiger partial charge on any atom is 0.335 e. The lowest BCUT2D eigenvalue weighted by Gasteiger charge is -2.15. The molecule has 0 unspecified atom stereocenters. The molecule has 0 aliphatic carbocycles. The molecule has 0 saturated carbocycles. The van der Waals surface area contributed by atoms with Gasteiger partial charge in [0.25, 0.3) is 5.91 Å². The fraction of sp³-hybridized carbons (Fsp3) is 0.115. The predicted molar refractivity (Wildman–Crippen MR) is 138 cm³/mol. The zero-order chi connectivity index (χ0) is 24.9. The molecule has 3 amide bonds. The molecule has 1 aliphatic rings. The van der Waals surface area contributed by atoms with E-state index in [1.54, 1.807) is 54.6 Å². The molecule has 1 saturated heterocycles. The first-order chi connectivity index (χ1) is 16.9. The van der Waals surface area contributed by atoms with Gasteiger partial charge in [0.05, 0.1) is 21.4 Å². The van der Waals surface area contributed by atoms with E-state index in [1.165, 1.54) is 6.07 Å². The van der Waals surface area contributed by atoms with Crippen molar-refractivity contribution in [3.8, 4) is 11.5 Å². The molecule has 0 radical (unpaired) electrons. The topological polar surface area (TPSA) is 105 Å². The van der Waals surface area contributed by atoms with E-state index >= 15 is 0 Å². The van der Waals surface area contributed by atoms with E-state index in [9.17, 15) is 19.5 Å². The second-order valence-corrected chi connectivity index (χ2v) is 8.68. The summed E-state index contributed by atoms with van der Waals surface area (Å²) in [6.45, 7) is 2.38. The molecule has 0 atom stereocenters. The van der Waals surface area contributed by atoms with Gasteiger partial charge in [-0.1, -0.05) is 30.3 Å². The third kappa shape index (κ3) is 5.46. The Morgan fingerprint density at radius 2 is 1.83 bits per heavy atom. The van der Waals surface area contributed by atoms with Crippen molar-refractivity contribution < 1.29 is 29.0 Å². The van der Waals surface area contributed by atoms with Crippen LogP contribution in [0, 0.1) is 3.57 Å². The monoisotopic (exact) mass is 584 g/mol. The van der Waals surface area contributed by atoms with E-state index in [0.29, 0.717) is 34.9 Å². The number of nitrogens with one attached hydrogen (secondary N) is 1. The fourth-order valence-corrected chi connectivity index (χ4v) is 4.32. The average molecular weight is 584 g/mol. The summed E-state index contributed by atoms with van der Waals surface area (Å²) >= 11 is 2.11. The molecule has 0 spiro atoms. The summed E-state index contributed by atoms with van der Waals surface area (Å²) in [7, 11) is 0. The molecule has 35 heavy (non-hydrogen) atoms. The standard InChI is InChI=1S/C26H21IN2O6/c1-2-34-22-14-17(13-21-24(30)29(26(33)28-21)19-9-4-3-5-10-19)12-20(27)23(22)35-15-16-7-6-8-18(11-16)25(31)32/h3-14H,2,15H2,1H3,(H,28,33)(H,31,32)/b21-13+. The van der Waals surface area contributed by atoms with E-state index in [4.69, 9.17) is 9.47 Å². The Morgan fingerprint density at radius 1 is 1.06 bits per heavy atom. The van der Waals surface area contributed by atoms with Gasteiger partial charge < -0.3 is 19.9 Å². The molecule has 8 nitrogen and oxygen atoms in total. The third-order valence-electron chi connectivity index (χ3n) is 5.09. The number of para-hydroxylation sites is 1. The zero-order valence-electron chi connectivity index (χ0n) is 18.7. The highest BCUT2D eigenvalue weighted by molar-refractivity contribution is 14.1. The molecule has 0 bridgehead atoms. The highest BCUT2D eigenvalue weighted by Gasteiger charge is 2.34. The summed E-state index contributed by atoms with van der Waals surface area (Å²) in [5, 5.41) is 11.8. The molecule has 178 valence electrons. The van der Waals surface area contributed by atoms with Gasteiger partial charge in [-0.2, -0.15) is 0 Å². The van der Waals surface area contributed by atoms with Crippen LogP contribution < -0.4 is 19.7 Å². The van der Waals surface area contributed by atoms with Gasteiger partial charge in [-0.3, -0.25) is 4.79 Å². The van der Waals surface area contributed by atoms with Gasteiger partial charge in [0, 0.05) is 0 Å². The van der Waals surface area contributed by atoms with Crippen molar-refractivity contribution >= 4 is 52.3 Å². The number of urea groups is 1. The number of amides is 3. The van der Waals surface area contributed by atoms with Gasteiger partial charge in [-0.25, -0.2) is 14.5 Å². The number of carbonyl (C=O) groups excluding carboxylic acids is 2. The molecule has 3 aromatic carbocycles. The van der Waals surface area contributed by atoms with E-state index in [2.05, 4.69) is 27.9 Å². The first-order valence-electron chi connectivity index (χ1n) is 10.7. The normalized spacial score (nSPS) is 14.2. The quantitative estimate of drug-likeness (QED) is 0.218. The number of carboxylic acids is 1. The van der Waals surface area contributed by atoms with E-state index in [-0.39, 0.29) is 17.9 Å². The molecule has 1 fully saturated rings. The number of imide groups is 1. The number of benzene rings is 3. The van der Waals surface area contributed by atoms with Crippen molar-refractivity contribution in [1.29, 1.82) is 0 Å². The maximum absolute atomic E-state index is 12.9. The Morgan fingerprint density at radius 3 is 2.54 bits per heavy atom. The van der Waals surface area contributed by atoms with Crippen LogP contribution in [-0.2, 0) is 11.4 Å². The predicted octanol–water partition coefficient (Wildman–Crippen LogP) is 5.06. The summed E-state index contributed by atoms with van der Waals surface area (Å²) in [5.41, 5.74) is 2.17. The van der Waals surface area contributed by atoms with Crippen LogP contribution in [-0.4, -0.2) is 29.6 Å². The summed E-state index contributed by atoms with van der Waals surface area (Å²) in [4.78, 5) is 37.6. The first-order valence-corrected chi connectivity index (χ1v) is 11.8. The number of halogens is 1. The van der Waals surface area contributed by atoms with Crippen LogP contribution in [0.3, 0.4) is 0 Å². The van der Waals surface area contributed by atoms with Gasteiger partial charge in [-0.15, -0.1) is 0 Å². The minimum atomic E-state index is -1.01. The van der Waals surface area contributed by atoms with Crippen LogP contribution in [0.2, 0.25) is 0 Å². The average Bonchev–Trinajstić information content (AvgIpc) is 3.12. The smallest absolute Gasteiger partial charge is 0.335 e. The first kappa shape index (κ1) is 24.3. The molecule has 9 heteroatoms. The summed E-state index contributed by atoms with van der Waals surface area (Å²) in [6, 6.07) is 18.2. The molecular formula is C26H21IN2O6. The minimum Gasteiger partial charge on any atom is -0.490 e. The maximum atomic E-state index is 12.9. The Balaban J connectivity index is 1.59. The van der Waals surface area contributed by atoms with Gasteiger partial charge in [0.15, 0.2) is 11.5 Å². The van der Waals surface area contributed by atoms with Gasteiger partial charge in [-0.05, 0) is 83.1 Å². The van der Waals surface area contributed by atoms with Crippen LogP contribution in [0.15, 0.2) is 72.4 Å². The van der Waals surface area contributed by atoms with Gasteiger partial charge in [0.1, 0.15) is 12.3 Å².